The predicted molar refractivity (Wildman–Crippen MR) is 110 cm³/mol. The molecular formula is C23H30FNO4. The molecule has 0 amide bonds. The number of alkyl halides is 1. The van der Waals surface area contributed by atoms with E-state index in [0.29, 0.717) is 12.4 Å². The van der Waals surface area contributed by atoms with Gasteiger partial charge in [0.2, 0.25) is 0 Å². The molecule has 0 radical (unpaired) electrons. The number of hydrogen-bond acceptors (Lipinski definition) is 5. The number of rotatable bonds is 11. The van der Waals surface area contributed by atoms with E-state index in [1.165, 1.54) is 0 Å². The van der Waals surface area contributed by atoms with E-state index in [9.17, 15) is 9.50 Å². The Morgan fingerprint density at radius 3 is 1.76 bits per heavy atom. The third-order valence-electron chi connectivity index (χ3n) is 5.43. The van der Waals surface area contributed by atoms with E-state index < -0.39 is 12.8 Å². The Hall–Kier alpha value is -2.15. The minimum absolute atomic E-state index is 0.0666. The standard InChI is InChI=1S/C23H30FNO4/c1-23(2,17-3-7-21(8-4-17)28-15-19(24)13-26)18-5-9-22(10-6-18)29-16-20(14-27)25-11-12-25/h3-10,19-20,26-27H,11-16H2,1-2H3. The summed E-state index contributed by atoms with van der Waals surface area (Å²) < 4.78 is 24.3. The number of halogens is 1. The molecule has 1 aliphatic heterocycles. The van der Waals surface area contributed by atoms with E-state index in [4.69, 9.17) is 14.6 Å². The van der Waals surface area contributed by atoms with Gasteiger partial charge in [0.25, 0.3) is 0 Å². The third kappa shape index (κ3) is 5.69. The van der Waals surface area contributed by atoms with Gasteiger partial charge in [-0.1, -0.05) is 38.1 Å². The van der Waals surface area contributed by atoms with Gasteiger partial charge in [-0.15, -0.1) is 0 Å². The summed E-state index contributed by atoms with van der Waals surface area (Å²) in [4.78, 5) is 2.18. The van der Waals surface area contributed by atoms with Crippen LogP contribution in [0.2, 0.25) is 0 Å². The van der Waals surface area contributed by atoms with Crippen LogP contribution in [0.3, 0.4) is 0 Å². The van der Waals surface area contributed by atoms with Crippen LogP contribution in [-0.4, -0.2) is 66.8 Å². The first-order valence-corrected chi connectivity index (χ1v) is 10.0. The molecule has 0 aliphatic carbocycles. The summed E-state index contributed by atoms with van der Waals surface area (Å²) in [6, 6.07) is 15.7. The maximum absolute atomic E-state index is 13.1. The highest BCUT2D eigenvalue weighted by molar-refractivity contribution is 5.41. The highest BCUT2D eigenvalue weighted by atomic mass is 19.1. The van der Waals surface area contributed by atoms with Gasteiger partial charge in [0, 0.05) is 18.5 Å². The Bertz CT molecular complexity index is 759. The summed E-state index contributed by atoms with van der Waals surface area (Å²) in [5.74, 6) is 1.37. The molecule has 2 atom stereocenters. The SMILES string of the molecule is CC(C)(c1ccc(OCC(F)CO)cc1)c1ccc(OCC(CO)N2CC2)cc1. The second-order valence-electron chi connectivity index (χ2n) is 7.95. The van der Waals surface area contributed by atoms with E-state index >= 15 is 0 Å². The molecule has 2 aromatic rings. The molecule has 2 unspecified atom stereocenters. The fraction of sp³-hybridized carbons (Fsp3) is 0.478. The van der Waals surface area contributed by atoms with Crippen LogP contribution < -0.4 is 9.47 Å². The monoisotopic (exact) mass is 403 g/mol. The summed E-state index contributed by atoms with van der Waals surface area (Å²) in [7, 11) is 0. The van der Waals surface area contributed by atoms with Crippen molar-refractivity contribution in [2.75, 3.05) is 39.5 Å². The van der Waals surface area contributed by atoms with Crippen molar-refractivity contribution in [2.45, 2.75) is 31.5 Å². The molecule has 3 rings (SSSR count). The number of ether oxygens (including phenoxy) is 2. The Balaban J connectivity index is 1.60. The van der Waals surface area contributed by atoms with Gasteiger partial charge in [-0.05, 0) is 35.4 Å². The normalized spacial score (nSPS) is 16.3. The first-order valence-electron chi connectivity index (χ1n) is 10.0. The van der Waals surface area contributed by atoms with Crippen LogP contribution in [0.25, 0.3) is 0 Å². The minimum Gasteiger partial charge on any atom is -0.492 e. The van der Waals surface area contributed by atoms with Gasteiger partial charge >= 0.3 is 0 Å². The van der Waals surface area contributed by atoms with Gasteiger partial charge in [-0.25, -0.2) is 4.39 Å². The van der Waals surface area contributed by atoms with Crippen molar-refractivity contribution < 1.29 is 24.1 Å². The number of benzene rings is 2. The fourth-order valence-electron chi connectivity index (χ4n) is 3.23. The molecule has 29 heavy (non-hydrogen) atoms. The summed E-state index contributed by atoms with van der Waals surface area (Å²) >= 11 is 0. The van der Waals surface area contributed by atoms with Gasteiger partial charge in [-0.3, -0.25) is 4.90 Å². The number of aliphatic hydroxyl groups is 2. The molecule has 2 N–H and O–H groups in total. The smallest absolute Gasteiger partial charge is 0.157 e. The van der Waals surface area contributed by atoms with E-state index in [2.05, 4.69) is 30.9 Å². The lowest BCUT2D eigenvalue weighted by atomic mass is 9.78. The molecule has 6 heteroatoms. The highest BCUT2D eigenvalue weighted by Crippen LogP contribution is 2.33. The van der Waals surface area contributed by atoms with Crippen molar-refractivity contribution in [1.29, 1.82) is 0 Å². The van der Waals surface area contributed by atoms with Gasteiger partial charge in [-0.2, -0.15) is 0 Å². The maximum atomic E-state index is 13.1. The lowest BCUT2D eigenvalue weighted by Crippen LogP contribution is -2.30. The van der Waals surface area contributed by atoms with E-state index in [-0.39, 0.29) is 24.7 Å². The lowest BCUT2D eigenvalue weighted by molar-refractivity contribution is 0.123. The summed E-state index contributed by atoms with van der Waals surface area (Å²) in [6.07, 6.45) is -1.37. The molecule has 0 spiro atoms. The van der Waals surface area contributed by atoms with Crippen LogP contribution in [0, 0.1) is 0 Å². The highest BCUT2D eigenvalue weighted by Gasteiger charge is 2.27. The second kappa shape index (κ2) is 9.57. The van der Waals surface area contributed by atoms with Crippen molar-refractivity contribution in [3.63, 3.8) is 0 Å². The van der Waals surface area contributed by atoms with Gasteiger partial charge in [0.15, 0.2) is 6.17 Å². The largest absolute Gasteiger partial charge is 0.492 e. The zero-order valence-electron chi connectivity index (χ0n) is 17.1. The second-order valence-corrected chi connectivity index (χ2v) is 7.95. The van der Waals surface area contributed by atoms with Crippen molar-refractivity contribution in [1.82, 2.24) is 4.90 Å². The summed E-state index contributed by atoms with van der Waals surface area (Å²) in [5, 5.41) is 18.2. The quantitative estimate of drug-likeness (QED) is 0.565. The molecular weight excluding hydrogens is 373 g/mol. The summed E-state index contributed by atoms with van der Waals surface area (Å²) in [6.45, 7) is 6.24. The van der Waals surface area contributed by atoms with Crippen LogP contribution in [0.15, 0.2) is 48.5 Å². The predicted octanol–water partition coefficient (Wildman–Crippen LogP) is 2.78. The maximum Gasteiger partial charge on any atom is 0.157 e. The minimum atomic E-state index is -1.37. The van der Waals surface area contributed by atoms with Crippen molar-refractivity contribution in [3.05, 3.63) is 59.7 Å². The molecule has 0 saturated carbocycles. The molecule has 1 saturated heterocycles. The topological polar surface area (TPSA) is 61.9 Å². The Labute approximate surface area is 171 Å². The number of aliphatic hydroxyl groups excluding tert-OH is 2. The van der Waals surface area contributed by atoms with Gasteiger partial charge < -0.3 is 19.7 Å². The molecule has 158 valence electrons. The van der Waals surface area contributed by atoms with Crippen LogP contribution in [0.4, 0.5) is 4.39 Å². The van der Waals surface area contributed by atoms with Crippen molar-refractivity contribution >= 4 is 0 Å². The van der Waals surface area contributed by atoms with Gasteiger partial charge in [0.1, 0.15) is 24.7 Å². The van der Waals surface area contributed by atoms with Crippen LogP contribution >= 0.6 is 0 Å². The zero-order chi connectivity index (χ0) is 20.9. The van der Waals surface area contributed by atoms with E-state index in [1.807, 2.05) is 36.4 Å². The fourth-order valence-corrected chi connectivity index (χ4v) is 3.23. The Morgan fingerprint density at radius 2 is 1.34 bits per heavy atom. The molecule has 1 aliphatic rings. The first-order chi connectivity index (χ1) is 13.9. The lowest BCUT2D eigenvalue weighted by Gasteiger charge is -2.26. The molecule has 0 bridgehead atoms. The van der Waals surface area contributed by atoms with Crippen LogP contribution in [0.5, 0.6) is 11.5 Å². The Kier molecular flexibility index (Phi) is 7.11. The van der Waals surface area contributed by atoms with Gasteiger partial charge in [0.05, 0.1) is 19.3 Å². The van der Waals surface area contributed by atoms with Crippen molar-refractivity contribution in [3.8, 4) is 11.5 Å². The van der Waals surface area contributed by atoms with E-state index in [1.54, 1.807) is 0 Å². The number of hydrogen-bond donors (Lipinski definition) is 2. The zero-order valence-corrected chi connectivity index (χ0v) is 17.1. The van der Waals surface area contributed by atoms with Crippen LogP contribution in [0.1, 0.15) is 25.0 Å². The molecule has 1 heterocycles. The summed E-state index contributed by atoms with van der Waals surface area (Å²) in [5.41, 5.74) is 2.03. The van der Waals surface area contributed by atoms with Crippen LogP contribution in [-0.2, 0) is 5.41 Å². The molecule has 0 aromatic heterocycles. The number of nitrogens with zero attached hydrogens (tertiary/aromatic N) is 1. The van der Waals surface area contributed by atoms with Crippen molar-refractivity contribution in [2.24, 2.45) is 0 Å². The van der Waals surface area contributed by atoms with E-state index in [0.717, 1.165) is 30.0 Å². The molecule has 1 fully saturated rings. The average Bonchev–Trinajstić information content (AvgIpc) is 3.58. The molecule has 5 nitrogen and oxygen atoms in total. The first kappa shape index (κ1) is 21.6. The molecule has 2 aromatic carbocycles. The third-order valence-corrected chi connectivity index (χ3v) is 5.43. The Morgan fingerprint density at radius 1 is 0.862 bits per heavy atom. The average molecular weight is 403 g/mol.